The van der Waals surface area contributed by atoms with E-state index in [1.54, 1.807) is 13.2 Å². The average molecular weight is 252 g/mol. The Hall–Kier alpha value is -2.51. The standard InChI is InChI=1S/C10H9FN4O3/c1-14-5-7(12-13-14)6-18-8-2-3-10(15(16)17)9(11)4-8/h2-5H,6H2,1H3. The van der Waals surface area contributed by atoms with Gasteiger partial charge in [-0.1, -0.05) is 5.21 Å². The first kappa shape index (κ1) is 12.0. The van der Waals surface area contributed by atoms with Gasteiger partial charge < -0.3 is 4.74 Å². The van der Waals surface area contributed by atoms with E-state index in [0.717, 1.165) is 12.1 Å². The van der Waals surface area contributed by atoms with Gasteiger partial charge in [0.05, 0.1) is 11.1 Å². The molecule has 0 radical (unpaired) electrons. The molecule has 94 valence electrons. The topological polar surface area (TPSA) is 83.1 Å². The molecule has 18 heavy (non-hydrogen) atoms. The predicted molar refractivity (Wildman–Crippen MR) is 58.4 cm³/mol. The Bertz CT molecular complexity index is 584. The zero-order valence-corrected chi connectivity index (χ0v) is 9.41. The SMILES string of the molecule is Cn1cc(COc2ccc([N+](=O)[O-])c(F)c2)nn1. The zero-order valence-electron chi connectivity index (χ0n) is 9.41. The van der Waals surface area contributed by atoms with E-state index in [-0.39, 0.29) is 12.4 Å². The maximum Gasteiger partial charge on any atom is 0.305 e. The van der Waals surface area contributed by atoms with E-state index in [0.29, 0.717) is 5.69 Å². The summed E-state index contributed by atoms with van der Waals surface area (Å²) in [5, 5.41) is 17.9. The first-order valence-electron chi connectivity index (χ1n) is 4.98. The second-order valence-corrected chi connectivity index (χ2v) is 3.54. The average Bonchev–Trinajstić information content (AvgIpc) is 2.72. The number of benzene rings is 1. The molecule has 8 heteroatoms. The Morgan fingerprint density at radius 3 is 2.89 bits per heavy atom. The number of aryl methyl sites for hydroxylation is 1. The number of hydrogen-bond donors (Lipinski definition) is 0. The summed E-state index contributed by atoms with van der Waals surface area (Å²) in [5.74, 6) is -0.736. The molecule has 0 spiro atoms. The smallest absolute Gasteiger partial charge is 0.305 e. The van der Waals surface area contributed by atoms with E-state index in [1.807, 2.05) is 0 Å². The van der Waals surface area contributed by atoms with Gasteiger partial charge in [-0.05, 0) is 6.07 Å². The Kier molecular flexibility index (Phi) is 3.18. The maximum atomic E-state index is 13.3. The number of nitrogens with zero attached hydrogens (tertiary/aromatic N) is 4. The van der Waals surface area contributed by atoms with Crippen molar-refractivity contribution in [3.05, 3.63) is 46.0 Å². The minimum Gasteiger partial charge on any atom is -0.487 e. The fourth-order valence-corrected chi connectivity index (χ4v) is 1.34. The molecule has 0 amide bonds. The van der Waals surface area contributed by atoms with Crippen molar-refractivity contribution < 1.29 is 14.1 Å². The van der Waals surface area contributed by atoms with Gasteiger partial charge in [-0.25, -0.2) is 0 Å². The van der Waals surface area contributed by atoms with Crippen LogP contribution in [0, 0.1) is 15.9 Å². The van der Waals surface area contributed by atoms with E-state index in [4.69, 9.17) is 4.74 Å². The van der Waals surface area contributed by atoms with Gasteiger partial charge in [0, 0.05) is 19.2 Å². The molecular weight excluding hydrogens is 243 g/mol. The van der Waals surface area contributed by atoms with Gasteiger partial charge >= 0.3 is 5.69 Å². The molecule has 0 unspecified atom stereocenters. The summed E-state index contributed by atoms with van der Waals surface area (Å²) in [5.41, 5.74) is -0.00175. The molecule has 0 aliphatic heterocycles. The lowest BCUT2D eigenvalue weighted by Gasteiger charge is -2.03. The maximum absolute atomic E-state index is 13.3. The third-order valence-electron chi connectivity index (χ3n) is 2.15. The lowest BCUT2D eigenvalue weighted by Crippen LogP contribution is -1.98. The van der Waals surface area contributed by atoms with Crippen LogP contribution >= 0.6 is 0 Å². The molecule has 0 fully saturated rings. The molecule has 0 bridgehead atoms. The van der Waals surface area contributed by atoms with Crippen LogP contribution in [0.4, 0.5) is 10.1 Å². The third-order valence-corrected chi connectivity index (χ3v) is 2.15. The summed E-state index contributed by atoms with van der Waals surface area (Å²) in [4.78, 5) is 9.63. The molecule has 0 aliphatic carbocycles. The Balaban J connectivity index is 2.06. The van der Waals surface area contributed by atoms with Gasteiger partial charge in [-0.3, -0.25) is 14.8 Å². The minimum absolute atomic E-state index is 0.116. The molecule has 0 aliphatic rings. The summed E-state index contributed by atoms with van der Waals surface area (Å²) in [7, 11) is 1.71. The van der Waals surface area contributed by atoms with Crippen molar-refractivity contribution in [2.75, 3.05) is 0 Å². The Morgan fingerprint density at radius 1 is 1.56 bits per heavy atom. The fraction of sp³-hybridized carbons (Fsp3) is 0.200. The van der Waals surface area contributed by atoms with Crippen LogP contribution in [0.15, 0.2) is 24.4 Å². The van der Waals surface area contributed by atoms with Crippen LogP contribution in [-0.2, 0) is 13.7 Å². The molecular formula is C10H9FN4O3. The van der Waals surface area contributed by atoms with Gasteiger partial charge in [0.15, 0.2) is 0 Å². The van der Waals surface area contributed by atoms with Gasteiger partial charge in [0.2, 0.25) is 5.82 Å². The summed E-state index contributed by atoms with van der Waals surface area (Å²) >= 11 is 0. The molecule has 1 heterocycles. The molecule has 1 aromatic carbocycles. The number of nitro benzene ring substituents is 1. The zero-order chi connectivity index (χ0) is 13.1. The number of nitro groups is 1. The third kappa shape index (κ3) is 2.59. The Labute approximate surface area is 101 Å². The Morgan fingerprint density at radius 2 is 2.33 bits per heavy atom. The molecule has 7 nitrogen and oxygen atoms in total. The number of ether oxygens (including phenoxy) is 1. The molecule has 2 aromatic rings. The van der Waals surface area contributed by atoms with Crippen molar-refractivity contribution in [1.29, 1.82) is 0 Å². The van der Waals surface area contributed by atoms with E-state index in [9.17, 15) is 14.5 Å². The first-order chi connectivity index (χ1) is 8.56. The minimum atomic E-state index is -0.934. The molecule has 0 saturated carbocycles. The van der Waals surface area contributed by atoms with Crippen molar-refractivity contribution in [3.8, 4) is 5.75 Å². The van der Waals surface area contributed by atoms with Crippen LogP contribution in [0.5, 0.6) is 5.75 Å². The summed E-state index contributed by atoms with van der Waals surface area (Å²) in [6.45, 7) is 0.116. The van der Waals surface area contributed by atoms with Crippen LogP contribution in [0.1, 0.15) is 5.69 Å². The van der Waals surface area contributed by atoms with Crippen molar-refractivity contribution in [3.63, 3.8) is 0 Å². The summed E-state index contributed by atoms with van der Waals surface area (Å²) in [6.07, 6.45) is 1.65. The lowest BCUT2D eigenvalue weighted by molar-refractivity contribution is -0.387. The van der Waals surface area contributed by atoms with Gasteiger partial charge in [-0.2, -0.15) is 4.39 Å². The lowest BCUT2D eigenvalue weighted by atomic mass is 10.3. The van der Waals surface area contributed by atoms with Crippen LogP contribution in [0.25, 0.3) is 0 Å². The predicted octanol–water partition coefficient (Wildman–Crippen LogP) is 1.44. The van der Waals surface area contributed by atoms with Crippen LogP contribution < -0.4 is 4.74 Å². The number of halogens is 1. The highest BCUT2D eigenvalue weighted by molar-refractivity contribution is 5.37. The highest BCUT2D eigenvalue weighted by Crippen LogP contribution is 2.22. The summed E-state index contributed by atoms with van der Waals surface area (Å²) < 4.78 is 20.0. The number of aromatic nitrogens is 3. The van der Waals surface area contributed by atoms with E-state index in [2.05, 4.69) is 10.3 Å². The second kappa shape index (κ2) is 4.78. The van der Waals surface area contributed by atoms with E-state index < -0.39 is 16.4 Å². The van der Waals surface area contributed by atoms with E-state index >= 15 is 0 Å². The molecule has 1 aromatic heterocycles. The molecule has 0 saturated heterocycles. The van der Waals surface area contributed by atoms with Crippen molar-refractivity contribution >= 4 is 5.69 Å². The highest BCUT2D eigenvalue weighted by Gasteiger charge is 2.14. The van der Waals surface area contributed by atoms with Gasteiger partial charge in [-0.15, -0.1) is 5.10 Å². The largest absolute Gasteiger partial charge is 0.487 e. The number of hydrogen-bond acceptors (Lipinski definition) is 5. The molecule has 2 rings (SSSR count). The van der Waals surface area contributed by atoms with Gasteiger partial charge in [0.1, 0.15) is 18.1 Å². The first-order valence-corrected chi connectivity index (χ1v) is 4.98. The van der Waals surface area contributed by atoms with Crippen molar-refractivity contribution in [2.24, 2.45) is 7.05 Å². The summed E-state index contributed by atoms with van der Waals surface area (Å²) in [6, 6.07) is 3.35. The highest BCUT2D eigenvalue weighted by atomic mass is 19.1. The van der Waals surface area contributed by atoms with Gasteiger partial charge in [0.25, 0.3) is 0 Å². The van der Waals surface area contributed by atoms with Crippen LogP contribution in [0.3, 0.4) is 0 Å². The van der Waals surface area contributed by atoms with Crippen molar-refractivity contribution in [2.45, 2.75) is 6.61 Å². The second-order valence-electron chi connectivity index (χ2n) is 3.54. The van der Waals surface area contributed by atoms with Crippen LogP contribution in [-0.4, -0.2) is 19.9 Å². The quantitative estimate of drug-likeness (QED) is 0.607. The number of rotatable bonds is 4. The normalized spacial score (nSPS) is 10.3. The van der Waals surface area contributed by atoms with Crippen LogP contribution in [0.2, 0.25) is 0 Å². The monoisotopic (exact) mass is 252 g/mol. The fourth-order valence-electron chi connectivity index (χ4n) is 1.34. The molecule has 0 atom stereocenters. The van der Waals surface area contributed by atoms with Crippen molar-refractivity contribution in [1.82, 2.24) is 15.0 Å². The molecule has 0 N–H and O–H groups in total. The van der Waals surface area contributed by atoms with E-state index in [1.165, 1.54) is 10.7 Å².